The molecule has 0 aliphatic carbocycles. The van der Waals surface area contributed by atoms with Crippen LogP contribution in [0.25, 0.3) is 32.6 Å². The molecular formula is C24H18N4Pt. The molecule has 4 heterocycles. The van der Waals surface area contributed by atoms with E-state index in [2.05, 4.69) is 56.3 Å². The molecule has 0 atom stereocenters. The van der Waals surface area contributed by atoms with E-state index in [0.717, 1.165) is 27.2 Å². The summed E-state index contributed by atoms with van der Waals surface area (Å²) in [6, 6.07) is 24.1. The molecule has 0 amide bonds. The van der Waals surface area contributed by atoms with Gasteiger partial charge in [0.2, 0.25) is 0 Å². The minimum absolute atomic E-state index is 0. The second-order valence-corrected chi connectivity index (χ2v) is 6.04. The van der Waals surface area contributed by atoms with Gasteiger partial charge in [0.15, 0.2) is 0 Å². The van der Waals surface area contributed by atoms with Gasteiger partial charge < -0.3 is 9.97 Å². The zero-order chi connectivity index (χ0) is 19.0. The van der Waals surface area contributed by atoms with Gasteiger partial charge in [-0.2, -0.15) is 24.8 Å². The number of nitrogens with zero attached hydrogens (tertiary/aromatic N) is 4. The van der Waals surface area contributed by atoms with Crippen molar-refractivity contribution in [2.75, 3.05) is 0 Å². The Labute approximate surface area is 183 Å². The summed E-state index contributed by atoms with van der Waals surface area (Å²) in [6.45, 7) is 0. The molecule has 0 spiro atoms. The minimum atomic E-state index is 0. The number of fused-ring (bicyclic) bond motifs is 5. The Morgan fingerprint density at radius 3 is 1.28 bits per heavy atom. The number of benzene rings is 2. The number of aromatic nitrogens is 4. The van der Waals surface area contributed by atoms with Crippen molar-refractivity contribution in [2.24, 2.45) is 0 Å². The fraction of sp³-hybridized carbons (Fsp3) is 0. The molecule has 0 aliphatic heterocycles. The van der Waals surface area contributed by atoms with Crippen LogP contribution >= 0.6 is 0 Å². The second-order valence-electron chi connectivity index (χ2n) is 6.04. The quantitative estimate of drug-likeness (QED) is 0.241. The first-order valence-corrected chi connectivity index (χ1v) is 8.98. The predicted molar refractivity (Wildman–Crippen MR) is 114 cm³/mol. The standard InChI is InChI=1S/C16H10N2.2C4H4N.Pt/c1-3-12-7-5-11-6-8-13-4-2-10-18-16(13)14(11)15(12)17-9-1;2*1-2-4-5-3-1;/h1-10H;2*1-4H;/q;2*-1;+2. The third-order valence-corrected chi connectivity index (χ3v) is 4.24. The van der Waals surface area contributed by atoms with Crippen molar-refractivity contribution in [1.29, 1.82) is 0 Å². The first kappa shape index (κ1) is 20.5. The SMILES string of the molecule is [Pt+2].c1cc[n-]c1.c1cc[n-]c1.c1cnc2c(c1)ccc1ccc3cccnc3c12. The number of rotatable bonds is 0. The van der Waals surface area contributed by atoms with E-state index < -0.39 is 0 Å². The monoisotopic (exact) mass is 557 g/mol. The largest absolute Gasteiger partial charge is 2.00 e. The van der Waals surface area contributed by atoms with Crippen LogP contribution in [0.1, 0.15) is 0 Å². The molecule has 0 bridgehead atoms. The molecule has 0 fully saturated rings. The van der Waals surface area contributed by atoms with Crippen LogP contribution in [0.3, 0.4) is 0 Å². The maximum atomic E-state index is 4.52. The molecule has 0 saturated heterocycles. The summed E-state index contributed by atoms with van der Waals surface area (Å²) in [5.74, 6) is 0. The van der Waals surface area contributed by atoms with E-state index in [1.54, 1.807) is 24.8 Å². The molecular weight excluding hydrogens is 539 g/mol. The van der Waals surface area contributed by atoms with Gasteiger partial charge in [-0.15, -0.1) is 0 Å². The maximum absolute atomic E-state index is 4.52. The molecule has 0 N–H and O–H groups in total. The summed E-state index contributed by atoms with van der Waals surface area (Å²) < 4.78 is 0. The first-order chi connectivity index (χ1) is 13.9. The fourth-order valence-corrected chi connectivity index (χ4v) is 2.99. The van der Waals surface area contributed by atoms with Gasteiger partial charge in [-0.1, -0.05) is 60.7 Å². The van der Waals surface area contributed by atoms with Crippen molar-refractivity contribution in [3.63, 3.8) is 0 Å². The molecule has 29 heavy (non-hydrogen) atoms. The van der Waals surface area contributed by atoms with Crippen molar-refractivity contribution < 1.29 is 21.1 Å². The summed E-state index contributed by atoms with van der Waals surface area (Å²) in [7, 11) is 0. The number of hydrogen-bond acceptors (Lipinski definition) is 2. The van der Waals surface area contributed by atoms with Crippen LogP contribution in [-0.2, 0) is 21.1 Å². The molecule has 4 nitrogen and oxygen atoms in total. The van der Waals surface area contributed by atoms with Crippen LogP contribution in [-0.4, -0.2) is 9.97 Å². The van der Waals surface area contributed by atoms with Crippen molar-refractivity contribution in [3.05, 3.63) is 110 Å². The Hall–Kier alpha value is -3.23. The third-order valence-electron chi connectivity index (χ3n) is 4.24. The molecule has 5 heteroatoms. The van der Waals surface area contributed by atoms with Gasteiger partial charge in [-0.3, -0.25) is 9.97 Å². The van der Waals surface area contributed by atoms with E-state index in [9.17, 15) is 0 Å². The summed E-state index contributed by atoms with van der Waals surface area (Å²) in [5, 5.41) is 4.64. The Morgan fingerprint density at radius 1 is 0.483 bits per heavy atom. The van der Waals surface area contributed by atoms with Crippen molar-refractivity contribution in [1.82, 2.24) is 19.9 Å². The zero-order valence-electron chi connectivity index (χ0n) is 15.5. The van der Waals surface area contributed by atoms with Gasteiger partial charge in [-0.25, -0.2) is 0 Å². The molecule has 0 radical (unpaired) electrons. The molecule has 0 aliphatic rings. The van der Waals surface area contributed by atoms with Crippen LogP contribution in [0.15, 0.2) is 110 Å². The second kappa shape index (κ2) is 10.4. The molecule has 144 valence electrons. The normalized spacial score (nSPS) is 9.79. The average molecular weight is 558 g/mol. The van der Waals surface area contributed by atoms with Crippen LogP contribution in [0, 0.1) is 0 Å². The van der Waals surface area contributed by atoms with Crippen molar-refractivity contribution in [2.45, 2.75) is 0 Å². The fourth-order valence-electron chi connectivity index (χ4n) is 2.99. The van der Waals surface area contributed by atoms with Gasteiger partial charge in [-0.05, 0) is 17.5 Å². The van der Waals surface area contributed by atoms with Crippen LogP contribution < -0.4 is 9.97 Å². The molecule has 2 aromatic carbocycles. The number of hydrogen-bond donors (Lipinski definition) is 0. The van der Waals surface area contributed by atoms with Crippen molar-refractivity contribution in [3.8, 4) is 0 Å². The summed E-state index contributed by atoms with van der Waals surface area (Å²) in [5.41, 5.74) is 2.05. The Bertz CT molecular complexity index is 1130. The Balaban J connectivity index is 0.000000180. The van der Waals surface area contributed by atoms with Gasteiger partial charge in [0.05, 0.1) is 11.0 Å². The van der Waals surface area contributed by atoms with E-state index in [1.807, 2.05) is 48.8 Å². The first-order valence-electron chi connectivity index (χ1n) is 8.98. The molecule has 4 aromatic heterocycles. The van der Waals surface area contributed by atoms with E-state index >= 15 is 0 Å². The third kappa shape index (κ3) is 4.98. The van der Waals surface area contributed by atoms with Gasteiger partial charge in [0.25, 0.3) is 0 Å². The van der Waals surface area contributed by atoms with Gasteiger partial charge in [0.1, 0.15) is 0 Å². The minimum Gasteiger partial charge on any atom is -0.670 e. The topological polar surface area (TPSA) is 54.0 Å². The van der Waals surface area contributed by atoms with Crippen molar-refractivity contribution >= 4 is 32.6 Å². The van der Waals surface area contributed by atoms with Crippen LogP contribution in [0.4, 0.5) is 0 Å². The van der Waals surface area contributed by atoms with E-state index in [4.69, 9.17) is 0 Å². The average Bonchev–Trinajstić information content (AvgIpc) is 3.52. The van der Waals surface area contributed by atoms with Crippen LogP contribution in [0.5, 0.6) is 0 Å². The molecule has 0 saturated carbocycles. The van der Waals surface area contributed by atoms with E-state index in [1.165, 1.54) is 5.39 Å². The summed E-state index contributed by atoms with van der Waals surface area (Å²) >= 11 is 0. The van der Waals surface area contributed by atoms with E-state index in [-0.39, 0.29) is 21.1 Å². The Kier molecular flexibility index (Phi) is 7.32. The predicted octanol–water partition coefficient (Wildman–Crippen LogP) is 5.22. The van der Waals surface area contributed by atoms with E-state index in [0.29, 0.717) is 0 Å². The Morgan fingerprint density at radius 2 is 0.897 bits per heavy atom. The van der Waals surface area contributed by atoms with Gasteiger partial charge >= 0.3 is 21.1 Å². The molecule has 0 unspecified atom stereocenters. The number of pyridine rings is 2. The smallest absolute Gasteiger partial charge is 0.670 e. The van der Waals surface area contributed by atoms with Gasteiger partial charge in [0, 0.05) is 28.6 Å². The molecule has 6 aromatic rings. The zero-order valence-corrected chi connectivity index (χ0v) is 17.8. The summed E-state index contributed by atoms with van der Waals surface area (Å²) in [4.78, 5) is 16.5. The summed E-state index contributed by atoms with van der Waals surface area (Å²) in [6.07, 6.45) is 10.7. The maximum Gasteiger partial charge on any atom is 2.00 e. The molecule has 6 rings (SSSR count). The van der Waals surface area contributed by atoms with Crippen LogP contribution in [0.2, 0.25) is 0 Å².